The van der Waals surface area contributed by atoms with E-state index in [4.69, 9.17) is 5.73 Å². The maximum absolute atomic E-state index is 6.05. The minimum atomic E-state index is 0.319. The van der Waals surface area contributed by atoms with E-state index in [1.54, 1.807) is 0 Å². The molecule has 1 aromatic heterocycles. The largest absolute Gasteiger partial charge is 0.330 e. The van der Waals surface area contributed by atoms with Crippen LogP contribution in [0.4, 0.5) is 0 Å². The molecule has 3 heteroatoms. The third kappa shape index (κ3) is 2.89. The van der Waals surface area contributed by atoms with E-state index in [-0.39, 0.29) is 0 Å². The van der Waals surface area contributed by atoms with Gasteiger partial charge in [-0.1, -0.05) is 13.3 Å². The predicted octanol–water partition coefficient (Wildman–Crippen LogP) is 2.51. The average Bonchev–Trinajstić information content (AvgIpc) is 2.75. The van der Waals surface area contributed by atoms with Gasteiger partial charge in [0.2, 0.25) is 0 Å². The summed E-state index contributed by atoms with van der Waals surface area (Å²) in [5.41, 5.74) is 7.57. The Morgan fingerprint density at radius 3 is 2.65 bits per heavy atom. The standard InChI is InChI=1S/C14H25N3/c1-3-12-4-7-14(11-15,8-5-12)10-13-6-9-17(2)16-13/h6,9,12H,3-5,7-8,10-11,15H2,1-2H3. The summed E-state index contributed by atoms with van der Waals surface area (Å²) in [6.45, 7) is 3.11. The summed E-state index contributed by atoms with van der Waals surface area (Å²) in [7, 11) is 1.98. The molecular weight excluding hydrogens is 210 g/mol. The van der Waals surface area contributed by atoms with Crippen molar-refractivity contribution in [3.05, 3.63) is 18.0 Å². The number of rotatable bonds is 4. The minimum Gasteiger partial charge on any atom is -0.330 e. The van der Waals surface area contributed by atoms with E-state index in [2.05, 4.69) is 18.1 Å². The number of nitrogens with two attached hydrogens (primary N) is 1. The zero-order valence-corrected chi connectivity index (χ0v) is 11.2. The second-order valence-corrected chi connectivity index (χ2v) is 5.71. The zero-order valence-electron chi connectivity index (χ0n) is 11.2. The number of aryl methyl sites for hydroxylation is 1. The van der Waals surface area contributed by atoms with Crippen molar-refractivity contribution in [2.75, 3.05) is 6.54 Å². The molecule has 0 spiro atoms. The summed E-state index contributed by atoms with van der Waals surface area (Å²) in [5, 5.41) is 4.50. The highest BCUT2D eigenvalue weighted by Gasteiger charge is 2.34. The van der Waals surface area contributed by atoms with Gasteiger partial charge in [-0.3, -0.25) is 4.68 Å². The van der Waals surface area contributed by atoms with Crippen molar-refractivity contribution in [3.8, 4) is 0 Å². The van der Waals surface area contributed by atoms with Crippen LogP contribution in [-0.2, 0) is 13.5 Å². The Morgan fingerprint density at radius 1 is 1.47 bits per heavy atom. The fourth-order valence-electron chi connectivity index (χ4n) is 3.09. The summed E-state index contributed by atoms with van der Waals surface area (Å²) in [6, 6.07) is 2.13. The SMILES string of the molecule is CCC1CCC(CN)(Cc2ccn(C)n2)CC1. The Kier molecular flexibility index (Phi) is 3.87. The topological polar surface area (TPSA) is 43.8 Å². The molecule has 0 amide bonds. The maximum atomic E-state index is 6.05. The fraction of sp³-hybridized carbons (Fsp3) is 0.786. The third-order valence-electron chi connectivity index (χ3n) is 4.50. The number of aromatic nitrogens is 2. The normalized spacial score (nSPS) is 29.5. The highest BCUT2D eigenvalue weighted by molar-refractivity contribution is 5.04. The van der Waals surface area contributed by atoms with Gasteiger partial charge in [0.05, 0.1) is 5.69 Å². The van der Waals surface area contributed by atoms with Gasteiger partial charge in [-0.25, -0.2) is 0 Å². The van der Waals surface area contributed by atoms with E-state index < -0.39 is 0 Å². The van der Waals surface area contributed by atoms with Crippen LogP contribution in [0.1, 0.15) is 44.7 Å². The van der Waals surface area contributed by atoms with Gasteiger partial charge in [0.1, 0.15) is 0 Å². The van der Waals surface area contributed by atoms with Crippen molar-refractivity contribution in [2.24, 2.45) is 24.1 Å². The molecule has 2 N–H and O–H groups in total. The molecule has 96 valence electrons. The molecule has 1 heterocycles. The van der Waals surface area contributed by atoms with Crippen LogP contribution < -0.4 is 5.73 Å². The second-order valence-electron chi connectivity index (χ2n) is 5.71. The number of hydrogen-bond donors (Lipinski definition) is 1. The van der Waals surface area contributed by atoms with Crippen LogP contribution in [0.2, 0.25) is 0 Å². The Balaban J connectivity index is 2.01. The van der Waals surface area contributed by atoms with E-state index in [1.807, 2.05) is 17.9 Å². The molecule has 1 aromatic rings. The lowest BCUT2D eigenvalue weighted by atomic mass is 9.67. The summed E-state index contributed by atoms with van der Waals surface area (Å²) < 4.78 is 1.89. The van der Waals surface area contributed by atoms with Crippen molar-refractivity contribution in [1.29, 1.82) is 0 Å². The van der Waals surface area contributed by atoms with Crippen LogP contribution in [0, 0.1) is 11.3 Å². The smallest absolute Gasteiger partial charge is 0.0630 e. The highest BCUT2D eigenvalue weighted by atomic mass is 15.2. The van der Waals surface area contributed by atoms with Gasteiger partial charge in [-0.15, -0.1) is 0 Å². The monoisotopic (exact) mass is 235 g/mol. The van der Waals surface area contributed by atoms with Gasteiger partial charge in [0, 0.05) is 13.2 Å². The molecular formula is C14H25N3. The van der Waals surface area contributed by atoms with Crippen molar-refractivity contribution < 1.29 is 0 Å². The summed E-state index contributed by atoms with van der Waals surface area (Å²) in [5.74, 6) is 0.929. The second kappa shape index (κ2) is 5.21. The molecule has 0 atom stereocenters. The number of nitrogens with zero attached hydrogens (tertiary/aromatic N) is 2. The lowest BCUT2D eigenvalue weighted by molar-refractivity contribution is 0.152. The summed E-state index contributed by atoms with van der Waals surface area (Å²) >= 11 is 0. The van der Waals surface area contributed by atoms with Gasteiger partial charge in [0.25, 0.3) is 0 Å². The van der Waals surface area contributed by atoms with Crippen LogP contribution in [-0.4, -0.2) is 16.3 Å². The first-order valence-electron chi connectivity index (χ1n) is 6.86. The average molecular weight is 235 g/mol. The molecule has 0 unspecified atom stereocenters. The van der Waals surface area contributed by atoms with Crippen LogP contribution in [0.3, 0.4) is 0 Å². The van der Waals surface area contributed by atoms with Crippen molar-refractivity contribution in [1.82, 2.24) is 9.78 Å². The van der Waals surface area contributed by atoms with Crippen LogP contribution in [0.5, 0.6) is 0 Å². The van der Waals surface area contributed by atoms with Gasteiger partial charge in [-0.2, -0.15) is 5.10 Å². The molecule has 17 heavy (non-hydrogen) atoms. The lowest BCUT2D eigenvalue weighted by Gasteiger charge is -2.39. The highest BCUT2D eigenvalue weighted by Crippen LogP contribution is 2.41. The minimum absolute atomic E-state index is 0.319. The van der Waals surface area contributed by atoms with Gasteiger partial charge >= 0.3 is 0 Å². The van der Waals surface area contributed by atoms with E-state index >= 15 is 0 Å². The molecule has 1 aliphatic rings. The van der Waals surface area contributed by atoms with Gasteiger partial charge in [0.15, 0.2) is 0 Å². The molecule has 0 aromatic carbocycles. The van der Waals surface area contributed by atoms with Crippen molar-refractivity contribution in [3.63, 3.8) is 0 Å². The predicted molar refractivity (Wildman–Crippen MR) is 70.6 cm³/mol. The zero-order chi connectivity index (χ0) is 12.3. The molecule has 0 radical (unpaired) electrons. The van der Waals surface area contributed by atoms with Crippen LogP contribution in [0.25, 0.3) is 0 Å². The van der Waals surface area contributed by atoms with Crippen molar-refractivity contribution >= 4 is 0 Å². The number of hydrogen-bond acceptors (Lipinski definition) is 2. The van der Waals surface area contributed by atoms with Crippen LogP contribution >= 0.6 is 0 Å². The summed E-state index contributed by atoms with van der Waals surface area (Å²) in [4.78, 5) is 0. The third-order valence-corrected chi connectivity index (χ3v) is 4.50. The van der Waals surface area contributed by atoms with Gasteiger partial charge < -0.3 is 5.73 Å². The molecule has 0 saturated heterocycles. The first-order chi connectivity index (χ1) is 8.17. The Bertz CT molecular complexity index is 348. The quantitative estimate of drug-likeness (QED) is 0.871. The van der Waals surface area contributed by atoms with E-state index in [0.29, 0.717) is 5.41 Å². The van der Waals surface area contributed by atoms with Crippen molar-refractivity contribution in [2.45, 2.75) is 45.4 Å². The fourth-order valence-corrected chi connectivity index (χ4v) is 3.09. The molecule has 0 aliphatic heterocycles. The summed E-state index contributed by atoms with van der Waals surface area (Å²) in [6.07, 6.45) is 9.65. The van der Waals surface area contributed by atoms with E-state index in [1.165, 1.54) is 37.8 Å². The van der Waals surface area contributed by atoms with Gasteiger partial charge in [-0.05, 0) is 56.0 Å². The van der Waals surface area contributed by atoms with Crippen LogP contribution in [0.15, 0.2) is 12.3 Å². The molecule has 1 saturated carbocycles. The first kappa shape index (κ1) is 12.6. The lowest BCUT2D eigenvalue weighted by Crippen LogP contribution is -2.37. The molecule has 2 rings (SSSR count). The Hall–Kier alpha value is -0.830. The van der Waals surface area contributed by atoms with E-state index in [9.17, 15) is 0 Å². The molecule has 0 bridgehead atoms. The Labute approximate surface area is 104 Å². The Morgan fingerprint density at radius 2 is 2.18 bits per heavy atom. The maximum Gasteiger partial charge on any atom is 0.0630 e. The molecule has 1 fully saturated rings. The molecule has 3 nitrogen and oxygen atoms in total. The van der Waals surface area contributed by atoms with E-state index in [0.717, 1.165) is 18.9 Å². The molecule has 1 aliphatic carbocycles. The first-order valence-corrected chi connectivity index (χ1v) is 6.86.